The van der Waals surface area contributed by atoms with Gasteiger partial charge in [-0.05, 0) is 36.6 Å². The molecule has 0 saturated carbocycles. The van der Waals surface area contributed by atoms with E-state index in [2.05, 4.69) is 43.4 Å². The smallest absolute Gasteiger partial charge is 0.224 e. The maximum atomic E-state index is 12.7. The maximum Gasteiger partial charge on any atom is 0.224 e. The molecule has 0 radical (unpaired) electrons. The van der Waals surface area contributed by atoms with Crippen molar-refractivity contribution in [1.82, 2.24) is 5.32 Å². The van der Waals surface area contributed by atoms with Crippen LogP contribution in [0.2, 0.25) is 0 Å². The number of rotatable bonds is 4. The van der Waals surface area contributed by atoms with E-state index in [9.17, 15) is 4.79 Å². The molecule has 1 aliphatic rings. The first kappa shape index (κ1) is 18.3. The van der Waals surface area contributed by atoms with Gasteiger partial charge < -0.3 is 10.1 Å². The van der Waals surface area contributed by atoms with Gasteiger partial charge in [0.15, 0.2) is 0 Å². The Hall–Kier alpha value is -3.07. The molecule has 3 aromatic carbocycles. The molecule has 3 heteroatoms. The molecule has 0 spiro atoms. The third-order valence-electron chi connectivity index (χ3n) is 5.14. The van der Waals surface area contributed by atoms with Crippen molar-refractivity contribution in [3.63, 3.8) is 0 Å². The quantitative estimate of drug-likeness (QED) is 0.674. The summed E-state index contributed by atoms with van der Waals surface area (Å²) in [6.07, 6.45) is 1.12. The summed E-state index contributed by atoms with van der Waals surface area (Å²) in [4.78, 5) is 12.7. The standard InChI is InChI=1S/C25H25NO2/c1-25(2)17-22(21-10-6-7-11-23(21)28-25)26-24(27)16-18-12-14-20(15-13-18)19-8-4-3-5-9-19/h3-15,22H,16-17H2,1-2H3,(H,26,27)/t22-/m0/s1. The number of carbonyl (C=O) groups excluding carboxylic acids is 1. The van der Waals surface area contributed by atoms with Crippen LogP contribution in [0, 0.1) is 0 Å². The summed E-state index contributed by atoms with van der Waals surface area (Å²) < 4.78 is 6.05. The summed E-state index contributed by atoms with van der Waals surface area (Å²) in [6, 6.07) is 26.4. The van der Waals surface area contributed by atoms with Gasteiger partial charge in [-0.3, -0.25) is 4.79 Å². The molecule has 1 atom stereocenters. The Balaban J connectivity index is 1.45. The fourth-order valence-electron chi connectivity index (χ4n) is 3.81. The van der Waals surface area contributed by atoms with Crippen LogP contribution in [-0.2, 0) is 11.2 Å². The Labute approximate surface area is 166 Å². The molecule has 3 nitrogen and oxygen atoms in total. The second-order valence-electron chi connectivity index (χ2n) is 7.96. The van der Waals surface area contributed by atoms with Crippen LogP contribution >= 0.6 is 0 Å². The molecule has 1 amide bonds. The van der Waals surface area contributed by atoms with Crippen LogP contribution in [0.1, 0.15) is 37.4 Å². The van der Waals surface area contributed by atoms with E-state index in [1.807, 2.05) is 54.6 Å². The summed E-state index contributed by atoms with van der Waals surface area (Å²) in [7, 11) is 0. The highest BCUT2D eigenvalue weighted by atomic mass is 16.5. The Morgan fingerprint density at radius 2 is 1.57 bits per heavy atom. The predicted octanol–water partition coefficient (Wildman–Crippen LogP) is 5.31. The maximum absolute atomic E-state index is 12.7. The molecular formula is C25H25NO2. The predicted molar refractivity (Wildman–Crippen MR) is 112 cm³/mol. The van der Waals surface area contributed by atoms with Crippen LogP contribution in [-0.4, -0.2) is 11.5 Å². The summed E-state index contributed by atoms with van der Waals surface area (Å²) in [5.41, 5.74) is 4.10. The minimum Gasteiger partial charge on any atom is -0.487 e. The highest BCUT2D eigenvalue weighted by Crippen LogP contribution is 2.39. The summed E-state index contributed by atoms with van der Waals surface area (Å²) >= 11 is 0. The van der Waals surface area contributed by atoms with Crippen LogP contribution in [0.15, 0.2) is 78.9 Å². The van der Waals surface area contributed by atoms with Crippen molar-refractivity contribution in [2.45, 2.75) is 38.3 Å². The van der Waals surface area contributed by atoms with Crippen molar-refractivity contribution < 1.29 is 9.53 Å². The van der Waals surface area contributed by atoms with Crippen molar-refractivity contribution in [2.75, 3.05) is 0 Å². The lowest BCUT2D eigenvalue weighted by Crippen LogP contribution is -2.41. The average molecular weight is 371 g/mol. The van der Waals surface area contributed by atoms with Gasteiger partial charge in [-0.1, -0.05) is 72.8 Å². The Kier molecular flexibility index (Phi) is 4.91. The summed E-state index contributed by atoms with van der Waals surface area (Å²) in [5.74, 6) is 0.890. The van der Waals surface area contributed by atoms with Crippen LogP contribution in [0.3, 0.4) is 0 Å². The van der Waals surface area contributed by atoms with Gasteiger partial charge in [-0.25, -0.2) is 0 Å². The van der Waals surface area contributed by atoms with E-state index in [4.69, 9.17) is 4.74 Å². The SMILES string of the molecule is CC1(C)C[C@H](NC(=O)Cc2ccc(-c3ccccc3)cc2)c2ccccc2O1. The van der Waals surface area contributed by atoms with Crippen LogP contribution in [0.5, 0.6) is 5.75 Å². The number of nitrogens with one attached hydrogen (secondary N) is 1. The molecule has 0 aliphatic carbocycles. The Bertz CT molecular complexity index is 961. The fourth-order valence-corrected chi connectivity index (χ4v) is 3.81. The lowest BCUT2D eigenvalue weighted by molar-refractivity contribution is -0.121. The zero-order valence-corrected chi connectivity index (χ0v) is 16.3. The van der Waals surface area contributed by atoms with Crippen molar-refractivity contribution in [2.24, 2.45) is 0 Å². The Morgan fingerprint density at radius 3 is 2.32 bits per heavy atom. The van der Waals surface area contributed by atoms with Gasteiger partial charge in [0, 0.05) is 12.0 Å². The van der Waals surface area contributed by atoms with Crippen LogP contribution < -0.4 is 10.1 Å². The first-order valence-electron chi connectivity index (χ1n) is 9.72. The van der Waals surface area contributed by atoms with Crippen molar-refractivity contribution in [3.8, 4) is 16.9 Å². The Morgan fingerprint density at radius 1 is 0.929 bits per heavy atom. The summed E-state index contributed by atoms with van der Waals surface area (Å²) in [5, 5.41) is 3.21. The molecule has 0 saturated heterocycles. The molecule has 0 fully saturated rings. The van der Waals surface area contributed by atoms with Gasteiger partial charge >= 0.3 is 0 Å². The third kappa shape index (κ3) is 4.09. The van der Waals surface area contributed by atoms with Crippen molar-refractivity contribution in [3.05, 3.63) is 90.0 Å². The number of benzene rings is 3. The van der Waals surface area contributed by atoms with Gasteiger partial charge in [-0.2, -0.15) is 0 Å². The molecule has 3 aromatic rings. The van der Waals surface area contributed by atoms with E-state index < -0.39 is 0 Å². The van der Waals surface area contributed by atoms with Crippen molar-refractivity contribution in [1.29, 1.82) is 0 Å². The monoisotopic (exact) mass is 371 g/mol. The van der Waals surface area contributed by atoms with Crippen LogP contribution in [0.25, 0.3) is 11.1 Å². The molecule has 1 N–H and O–H groups in total. The molecule has 4 rings (SSSR count). The van der Waals surface area contributed by atoms with E-state index in [1.54, 1.807) is 0 Å². The van der Waals surface area contributed by atoms with Gasteiger partial charge in [0.05, 0.1) is 12.5 Å². The lowest BCUT2D eigenvalue weighted by Gasteiger charge is -2.37. The first-order chi connectivity index (χ1) is 13.5. The molecule has 0 aromatic heterocycles. The number of hydrogen-bond donors (Lipinski definition) is 1. The largest absolute Gasteiger partial charge is 0.487 e. The minimum absolute atomic E-state index is 0.0314. The molecule has 1 aliphatic heterocycles. The number of hydrogen-bond acceptors (Lipinski definition) is 2. The average Bonchev–Trinajstić information content (AvgIpc) is 2.68. The molecular weight excluding hydrogens is 346 g/mol. The van der Waals surface area contributed by atoms with Crippen molar-refractivity contribution >= 4 is 5.91 Å². The first-order valence-corrected chi connectivity index (χ1v) is 9.72. The number of fused-ring (bicyclic) bond motifs is 1. The molecule has 0 bridgehead atoms. The van der Waals surface area contributed by atoms with Gasteiger partial charge in [0.25, 0.3) is 0 Å². The topological polar surface area (TPSA) is 38.3 Å². The van der Waals surface area contributed by atoms with Gasteiger partial charge in [-0.15, -0.1) is 0 Å². The number of para-hydroxylation sites is 1. The normalized spacial score (nSPS) is 17.3. The van der Waals surface area contributed by atoms with Gasteiger partial charge in [0.1, 0.15) is 11.4 Å². The van der Waals surface area contributed by atoms with E-state index >= 15 is 0 Å². The fraction of sp³-hybridized carbons (Fsp3) is 0.240. The van der Waals surface area contributed by atoms with E-state index in [-0.39, 0.29) is 17.6 Å². The summed E-state index contributed by atoms with van der Waals surface area (Å²) in [6.45, 7) is 4.12. The zero-order valence-electron chi connectivity index (χ0n) is 16.3. The third-order valence-corrected chi connectivity index (χ3v) is 5.14. The van der Waals surface area contributed by atoms with E-state index in [0.29, 0.717) is 6.42 Å². The minimum atomic E-state index is -0.302. The highest BCUT2D eigenvalue weighted by Gasteiger charge is 2.34. The van der Waals surface area contributed by atoms with Crippen LogP contribution in [0.4, 0.5) is 0 Å². The second-order valence-corrected chi connectivity index (χ2v) is 7.96. The number of amides is 1. The van der Waals surface area contributed by atoms with Gasteiger partial charge in [0.2, 0.25) is 5.91 Å². The highest BCUT2D eigenvalue weighted by molar-refractivity contribution is 5.79. The molecule has 28 heavy (non-hydrogen) atoms. The van der Waals surface area contributed by atoms with E-state index in [1.165, 1.54) is 5.56 Å². The molecule has 1 heterocycles. The zero-order chi connectivity index (χ0) is 19.6. The molecule has 142 valence electrons. The number of carbonyl (C=O) groups is 1. The lowest BCUT2D eigenvalue weighted by atomic mass is 9.89. The van der Waals surface area contributed by atoms with E-state index in [0.717, 1.165) is 28.9 Å². The second kappa shape index (κ2) is 7.51. The molecule has 0 unspecified atom stereocenters. The number of ether oxygens (including phenoxy) is 1.